The summed E-state index contributed by atoms with van der Waals surface area (Å²) in [4.78, 5) is 3.65. The number of hydrogen-bond acceptors (Lipinski definition) is 4. The minimum absolute atomic E-state index is 0.157. The Morgan fingerprint density at radius 1 is 1.08 bits per heavy atom. The van der Waals surface area contributed by atoms with Crippen LogP contribution in [0.15, 0.2) is 48.5 Å². The first kappa shape index (κ1) is 18.1. The molecule has 8 heteroatoms. The summed E-state index contributed by atoms with van der Waals surface area (Å²) < 4.78 is 51.2. The standard InChI is InChI=1S/C18H17F3N2O3/c1-25-13-6-8-14(9-7-13)26-11-12(24)10-23-16-5-3-2-4-15(16)22-17(23)18(19,20)21/h2-9,12,24H,10-11H2,1H3/t12-/m0/s1. The van der Waals surface area contributed by atoms with Crippen LogP contribution in [0, 0.1) is 0 Å². The van der Waals surface area contributed by atoms with E-state index in [-0.39, 0.29) is 18.7 Å². The third kappa shape index (κ3) is 3.91. The number of rotatable bonds is 6. The number of nitrogens with zero attached hydrogens (tertiary/aromatic N) is 2. The number of alkyl halides is 3. The molecule has 0 saturated heterocycles. The quantitative estimate of drug-likeness (QED) is 0.725. The number of methoxy groups -OCH3 is 1. The van der Waals surface area contributed by atoms with Crippen molar-refractivity contribution in [3.05, 3.63) is 54.4 Å². The van der Waals surface area contributed by atoms with Gasteiger partial charge in [-0.1, -0.05) is 12.1 Å². The zero-order chi connectivity index (χ0) is 18.7. The molecular formula is C18H17F3N2O3. The van der Waals surface area contributed by atoms with Gasteiger partial charge in [0.15, 0.2) is 0 Å². The van der Waals surface area contributed by atoms with Gasteiger partial charge < -0.3 is 19.1 Å². The van der Waals surface area contributed by atoms with Crippen molar-refractivity contribution in [2.24, 2.45) is 0 Å². The van der Waals surface area contributed by atoms with Crippen LogP contribution in [-0.4, -0.2) is 34.5 Å². The van der Waals surface area contributed by atoms with Gasteiger partial charge in [-0.05, 0) is 36.4 Å². The zero-order valence-corrected chi connectivity index (χ0v) is 13.9. The van der Waals surface area contributed by atoms with Gasteiger partial charge in [0, 0.05) is 0 Å². The SMILES string of the molecule is COc1ccc(OC[C@@H](O)Cn2c(C(F)(F)F)nc3ccccc32)cc1. The Morgan fingerprint density at radius 2 is 1.73 bits per heavy atom. The van der Waals surface area contributed by atoms with Gasteiger partial charge >= 0.3 is 6.18 Å². The van der Waals surface area contributed by atoms with Gasteiger partial charge in [0.2, 0.25) is 5.82 Å². The molecule has 0 aliphatic carbocycles. The second-order valence-corrected chi connectivity index (χ2v) is 5.67. The normalized spacial score (nSPS) is 13.0. The van der Waals surface area contributed by atoms with E-state index in [9.17, 15) is 18.3 Å². The van der Waals surface area contributed by atoms with Gasteiger partial charge in [-0.25, -0.2) is 4.98 Å². The van der Waals surface area contributed by atoms with Crippen LogP contribution >= 0.6 is 0 Å². The van der Waals surface area contributed by atoms with Gasteiger partial charge in [-0.3, -0.25) is 0 Å². The van der Waals surface area contributed by atoms with Crippen molar-refractivity contribution in [2.45, 2.75) is 18.8 Å². The van der Waals surface area contributed by atoms with E-state index in [1.54, 1.807) is 36.4 Å². The van der Waals surface area contributed by atoms with Crippen molar-refractivity contribution in [1.29, 1.82) is 0 Å². The highest BCUT2D eigenvalue weighted by molar-refractivity contribution is 5.76. The Labute approximate surface area is 147 Å². The Hall–Kier alpha value is -2.74. The highest BCUT2D eigenvalue weighted by Crippen LogP contribution is 2.31. The van der Waals surface area contributed by atoms with Crippen molar-refractivity contribution < 1.29 is 27.8 Å². The molecule has 3 aromatic rings. The molecule has 1 N–H and O–H groups in total. The highest BCUT2D eigenvalue weighted by atomic mass is 19.4. The molecule has 3 rings (SSSR count). The van der Waals surface area contributed by atoms with Crippen molar-refractivity contribution in [2.75, 3.05) is 13.7 Å². The fourth-order valence-corrected chi connectivity index (χ4v) is 2.60. The summed E-state index contributed by atoms with van der Waals surface area (Å²) in [5.41, 5.74) is 0.534. The zero-order valence-electron chi connectivity index (χ0n) is 13.9. The number of hydrogen-bond donors (Lipinski definition) is 1. The highest BCUT2D eigenvalue weighted by Gasteiger charge is 2.37. The smallest absolute Gasteiger partial charge is 0.449 e. The maximum absolute atomic E-state index is 13.3. The Morgan fingerprint density at radius 3 is 2.38 bits per heavy atom. The molecule has 0 aliphatic rings. The van der Waals surface area contributed by atoms with Crippen molar-refractivity contribution in [3.8, 4) is 11.5 Å². The summed E-state index contributed by atoms with van der Waals surface area (Å²) in [6, 6.07) is 13.0. The summed E-state index contributed by atoms with van der Waals surface area (Å²) in [5.74, 6) is 0.0937. The monoisotopic (exact) mass is 366 g/mol. The number of aliphatic hydroxyl groups excluding tert-OH is 1. The van der Waals surface area contributed by atoms with E-state index in [2.05, 4.69) is 4.98 Å². The number of fused-ring (bicyclic) bond motifs is 1. The molecule has 1 aromatic heterocycles. The lowest BCUT2D eigenvalue weighted by Gasteiger charge is -2.16. The van der Waals surface area contributed by atoms with Crippen LogP contribution in [0.5, 0.6) is 11.5 Å². The maximum atomic E-state index is 13.3. The number of aliphatic hydroxyl groups is 1. The lowest BCUT2D eigenvalue weighted by Crippen LogP contribution is -2.26. The molecule has 2 aromatic carbocycles. The van der Waals surface area contributed by atoms with Gasteiger partial charge in [0.1, 0.15) is 24.2 Å². The lowest BCUT2D eigenvalue weighted by molar-refractivity contribution is -0.147. The molecule has 0 saturated carbocycles. The van der Waals surface area contributed by atoms with E-state index >= 15 is 0 Å². The minimum atomic E-state index is -4.62. The molecule has 0 unspecified atom stereocenters. The Kier molecular flexibility index (Phi) is 5.03. The summed E-state index contributed by atoms with van der Waals surface area (Å²) in [7, 11) is 1.54. The molecule has 0 spiro atoms. The van der Waals surface area contributed by atoms with Crippen LogP contribution < -0.4 is 9.47 Å². The van der Waals surface area contributed by atoms with E-state index in [4.69, 9.17) is 9.47 Å². The fraction of sp³-hybridized carbons (Fsp3) is 0.278. The molecular weight excluding hydrogens is 349 g/mol. The number of halogens is 3. The third-order valence-electron chi connectivity index (χ3n) is 3.80. The largest absolute Gasteiger partial charge is 0.497 e. The van der Waals surface area contributed by atoms with Crippen LogP contribution in [0.4, 0.5) is 13.2 Å². The first-order valence-corrected chi connectivity index (χ1v) is 7.86. The summed E-state index contributed by atoms with van der Waals surface area (Å²) in [5, 5.41) is 10.2. The van der Waals surface area contributed by atoms with Crippen molar-refractivity contribution in [1.82, 2.24) is 9.55 Å². The van der Waals surface area contributed by atoms with Crippen LogP contribution in [0.3, 0.4) is 0 Å². The average Bonchev–Trinajstić information content (AvgIpc) is 2.99. The maximum Gasteiger partial charge on any atom is 0.449 e. The Balaban J connectivity index is 1.75. The molecule has 26 heavy (non-hydrogen) atoms. The summed E-state index contributed by atoms with van der Waals surface area (Å²) >= 11 is 0. The number of para-hydroxylation sites is 2. The van der Waals surface area contributed by atoms with Crippen LogP contribution in [0.25, 0.3) is 11.0 Å². The molecule has 1 heterocycles. The van der Waals surface area contributed by atoms with E-state index in [1.807, 2.05) is 0 Å². The van der Waals surface area contributed by atoms with Crippen LogP contribution in [-0.2, 0) is 12.7 Å². The molecule has 5 nitrogen and oxygen atoms in total. The number of aromatic nitrogens is 2. The van der Waals surface area contributed by atoms with Gasteiger partial charge in [0.05, 0.1) is 24.7 Å². The second-order valence-electron chi connectivity index (χ2n) is 5.67. The minimum Gasteiger partial charge on any atom is -0.497 e. The number of benzene rings is 2. The molecule has 138 valence electrons. The van der Waals surface area contributed by atoms with E-state index in [0.717, 1.165) is 4.57 Å². The molecule has 0 fully saturated rings. The third-order valence-corrected chi connectivity index (χ3v) is 3.80. The average molecular weight is 366 g/mol. The predicted molar refractivity (Wildman–Crippen MR) is 89.2 cm³/mol. The number of ether oxygens (including phenoxy) is 2. The first-order valence-electron chi connectivity index (χ1n) is 7.86. The van der Waals surface area contributed by atoms with E-state index in [0.29, 0.717) is 17.0 Å². The van der Waals surface area contributed by atoms with Gasteiger partial charge in [-0.15, -0.1) is 0 Å². The molecule has 0 bridgehead atoms. The lowest BCUT2D eigenvalue weighted by atomic mass is 10.3. The van der Waals surface area contributed by atoms with Gasteiger partial charge in [0.25, 0.3) is 0 Å². The summed E-state index contributed by atoms with van der Waals surface area (Å²) in [6.07, 6.45) is -5.76. The Bertz CT molecular complexity index is 876. The van der Waals surface area contributed by atoms with E-state index in [1.165, 1.54) is 19.2 Å². The molecule has 0 amide bonds. The number of imidazole rings is 1. The first-order chi connectivity index (χ1) is 12.4. The topological polar surface area (TPSA) is 56.5 Å². The predicted octanol–water partition coefficient (Wildman–Crippen LogP) is 3.50. The second kappa shape index (κ2) is 7.25. The molecule has 0 radical (unpaired) electrons. The van der Waals surface area contributed by atoms with Crippen molar-refractivity contribution in [3.63, 3.8) is 0 Å². The van der Waals surface area contributed by atoms with Crippen molar-refractivity contribution >= 4 is 11.0 Å². The fourth-order valence-electron chi connectivity index (χ4n) is 2.60. The van der Waals surface area contributed by atoms with E-state index < -0.39 is 18.1 Å². The summed E-state index contributed by atoms with van der Waals surface area (Å²) in [6.45, 7) is -0.443. The molecule has 1 atom stereocenters. The van der Waals surface area contributed by atoms with Crippen LogP contribution in [0.2, 0.25) is 0 Å². The van der Waals surface area contributed by atoms with Crippen LogP contribution in [0.1, 0.15) is 5.82 Å². The molecule has 0 aliphatic heterocycles. The van der Waals surface area contributed by atoms with Gasteiger partial charge in [-0.2, -0.15) is 13.2 Å².